The Balaban J connectivity index is 1.52. The zero-order chi connectivity index (χ0) is 16.9. The summed E-state index contributed by atoms with van der Waals surface area (Å²) in [6.45, 7) is -0.240. The highest BCUT2D eigenvalue weighted by Gasteiger charge is 2.14. The quantitative estimate of drug-likeness (QED) is 0.605. The second-order valence-electron chi connectivity index (χ2n) is 5.95. The van der Waals surface area contributed by atoms with Gasteiger partial charge in [-0.15, -0.1) is 0 Å². The topological polar surface area (TPSA) is 52.6 Å². The maximum atomic E-state index is 12.0. The summed E-state index contributed by atoms with van der Waals surface area (Å²) in [5, 5.41) is 0. The Morgan fingerprint density at radius 1 is 1.00 bits per heavy atom. The van der Waals surface area contributed by atoms with E-state index in [9.17, 15) is 9.59 Å². The minimum absolute atomic E-state index is 0.198. The molecule has 0 aliphatic heterocycles. The van der Waals surface area contributed by atoms with E-state index in [4.69, 9.17) is 9.47 Å². The van der Waals surface area contributed by atoms with Crippen LogP contribution in [-0.4, -0.2) is 25.5 Å². The van der Waals surface area contributed by atoms with E-state index in [0.29, 0.717) is 11.3 Å². The number of hydrogen-bond donors (Lipinski definition) is 0. The first kappa shape index (κ1) is 16.2. The number of ether oxygens (including phenoxy) is 2. The minimum Gasteiger partial charge on any atom is -0.497 e. The van der Waals surface area contributed by atoms with Crippen molar-refractivity contribution in [3.05, 3.63) is 64.7 Å². The molecule has 0 amide bonds. The van der Waals surface area contributed by atoms with Gasteiger partial charge in [-0.3, -0.25) is 9.59 Å². The molecule has 124 valence electrons. The van der Waals surface area contributed by atoms with Crippen molar-refractivity contribution in [1.29, 1.82) is 0 Å². The summed E-state index contributed by atoms with van der Waals surface area (Å²) < 4.78 is 10.2. The Kier molecular flexibility index (Phi) is 4.94. The molecule has 2 aromatic rings. The van der Waals surface area contributed by atoms with Gasteiger partial charge in [0.2, 0.25) is 0 Å². The third-order valence-corrected chi connectivity index (χ3v) is 4.29. The largest absolute Gasteiger partial charge is 0.497 e. The highest BCUT2D eigenvalue weighted by atomic mass is 16.5. The van der Waals surface area contributed by atoms with E-state index in [1.165, 1.54) is 17.5 Å². The van der Waals surface area contributed by atoms with Gasteiger partial charge in [0.15, 0.2) is 12.4 Å². The van der Waals surface area contributed by atoms with Crippen molar-refractivity contribution in [2.45, 2.75) is 25.7 Å². The number of aryl methyl sites for hydroxylation is 2. The van der Waals surface area contributed by atoms with Gasteiger partial charge in [0.05, 0.1) is 13.5 Å². The minimum atomic E-state index is -0.380. The predicted molar refractivity (Wildman–Crippen MR) is 90.5 cm³/mol. The highest BCUT2D eigenvalue weighted by Crippen LogP contribution is 2.23. The van der Waals surface area contributed by atoms with Gasteiger partial charge in [0, 0.05) is 5.56 Å². The molecule has 4 heteroatoms. The number of benzene rings is 2. The number of methoxy groups -OCH3 is 1. The van der Waals surface area contributed by atoms with Crippen LogP contribution in [0.1, 0.15) is 33.5 Å². The van der Waals surface area contributed by atoms with E-state index in [1.807, 2.05) is 6.07 Å². The van der Waals surface area contributed by atoms with Gasteiger partial charge >= 0.3 is 5.97 Å². The number of ketones is 1. The number of fused-ring (bicyclic) bond motifs is 1. The van der Waals surface area contributed by atoms with Gasteiger partial charge in [-0.1, -0.05) is 18.2 Å². The van der Waals surface area contributed by atoms with Crippen LogP contribution >= 0.6 is 0 Å². The van der Waals surface area contributed by atoms with E-state index in [-0.39, 0.29) is 24.8 Å². The molecule has 4 nitrogen and oxygen atoms in total. The first-order valence-electron chi connectivity index (χ1n) is 8.09. The lowest BCUT2D eigenvalue weighted by Gasteiger charge is -2.07. The fourth-order valence-electron chi connectivity index (χ4n) is 2.96. The molecule has 0 unspecified atom stereocenters. The third-order valence-electron chi connectivity index (χ3n) is 4.29. The molecular weight excluding hydrogens is 304 g/mol. The van der Waals surface area contributed by atoms with Crippen LogP contribution in [0.25, 0.3) is 0 Å². The average Bonchev–Trinajstić information content (AvgIpc) is 3.07. The van der Waals surface area contributed by atoms with Crippen molar-refractivity contribution in [1.82, 2.24) is 0 Å². The van der Waals surface area contributed by atoms with Crippen molar-refractivity contribution >= 4 is 11.8 Å². The summed E-state index contributed by atoms with van der Waals surface area (Å²) in [6, 6.07) is 12.9. The Labute approximate surface area is 141 Å². The van der Waals surface area contributed by atoms with Gasteiger partial charge in [-0.2, -0.15) is 0 Å². The number of Topliss-reactive ketones (excluding diaryl/α,β-unsaturated/α-hetero) is 1. The summed E-state index contributed by atoms with van der Waals surface area (Å²) in [4.78, 5) is 24.0. The van der Waals surface area contributed by atoms with Crippen LogP contribution in [0.15, 0.2) is 42.5 Å². The van der Waals surface area contributed by atoms with Crippen LogP contribution in [0.3, 0.4) is 0 Å². The molecule has 2 aromatic carbocycles. The Morgan fingerprint density at radius 3 is 2.50 bits per heavy atom. The predicted octanol–water partition coefficient (Wildman–Crippen LogP) is 3.15. The molecule has 0 saturated carbocycles. The summed E-state index contributed by atoms with van der Waals surface area (Å²) in [6.07, 6.45) is 3.58. The van der Waals surface area contributed by atoms with Crippen molar-refractivity contribution in [3.8, 4) is 5.75 Å². The second-order valence-corrected chi connectivity index (χ2v) is 5.95. The first-order valence-corrected chi connectivity index (χ1v) is 8.09. The zero-order valence-corrected chi connectivity index (χ0v) is 13.7. The molecule has 0 radical (unpaired) electrons. The van der Waals surface area contributed by atoms with Crippen LogP contribution in [0.4, 0.5) is 0 Å². The SMILES string of the molecule is COc1ccc(C(=O)COC(=O)Cc2ccc3c(c2)CCC3)cc1. The van der Waals surface area contributed by atoms with Crippen LogP contribution < -0.4 is 4.74 Å². The fourth-order valence-corrected chi connectivity index (χ4v) is 2.96. The fraction of sp³-hybridized carbons (Fsp3) is 0.300. The lowest BCUT2D eigenvalue weighted by Crippen LogP contribution is -2.15. The Hall–Kier alpha value is -2.62. The number of carbonyl (C=O) groups is 2. The molecule has 3 rings (SSSR count). The van der Waals surface area contributed by atoms with Gasteiger partial charge in [0.25, 0.3) is 0 Å². The molecule has 0 atom stereocenters. The van der Waals surface area contributed by atoms with Gasteiger partial charge in [-0.25, -0.2) is 0 Å². The van der Waals surface area contributed by atoms with E-state index in [0.717, 1.165) is 18.4 Å². The number of rotatable bonds is 6. The monoisotopic (exact) mass is 324 g/mol. The van der Waals surface area contributed by atoms with Gasteiger partial charge < -0.3 is 9.47 Å². The van der Waals surface area contributed by atoms with Crippen molar-refractivity contribution < 1.29 is 19.1 Å². The summed E-state index contributed by atoms with van der Waals surface area (Å²) >= 11 is 0. The first-order chi connectivity index (χ1) is 11.7. The van der Waals surface area contributed by atoms with E-state index >= 15 is 0 Å². The van der Waals surface area contributed by atoms with Crippen LogP contribution in [0.5, 0.6) is 5.75 Å². The lowest BCUT2D eigenvalue weighted by molar-refractivity contribution is -0.141. The molecule has 0 bridgehead atoms. The van der Waals surface area contributed by atoms with Crippen molar-refractivity contribution in [2.24, 2.45) is 0 Å². The summed E-state index contributed by atoms with van der Waals surface area (Å²) in [5.41, 5.74) is 4.15. The number of carbonyl (C=O) groups excluding carboxylic acids is 2. The van der Waals surface area contributed by atoms with Gasteiger partial charge in [-0.05, 0) is 60.2 Å². The number of esters is 1. The highest BCUT2D eigenvalue weighted by molar-refractivity contribution is 5.98. The molecule has 1 aliphatic rings. The zero-order valence-electron chi connectivity index (χ0n) is 13.7. The smallest absolute Gasteiger partial charge is 0.310 e. The molecule has 0 saturated heterocycles. The molecule has 0 aromatic heterocycles. The van der Waals surface area contributed by atoms with E-state index in [2.05, 4.69) is 12.1 Å². The number of hydrogen-bond acceptors (Lipinski definition) is 4. The second kappa shape index (κ2) is 7.30. The van der Waals surface area contributed by atoms with Gasteiger partial charge in [0.1, 0.15) is 5.75 Å². The average molecular weight is 324 g/mol. The maximum absolute atomic E-state index is 12.0. The maximum Gasteiger partial charge on any atom is 0.310 e. The molecule has 0 heterocycles. The van der Waals surface area contributed by atoms with Crippen LogP contribution in [0, 0.1) is 0 Å². The third kappa shape index (κ3) is 3.82. The summed E-state index contributed by atoms with van der Waals surface area (Å²) in [5.74, 6) is 0.0786. The Morgan fingerprint density at radius 2 is 1.75 bits per heavy atom. The molecule has 1 aliphatic carbocycles. The van der Waals surface area contributed by atoms with Crippen molar-refractivity contribution in [2.75, 3.05) is 13.7 Å². The van der Waals surface area contributed by atoms with Crippen molar-refractivity contribution in [3.63, 3.8) is 0 Å². The van der Waals surface area contributed by atoms with Crippen LogP contribution in [-0.2, 0) is 28.8 Å². The molecule has 0 spiro atoms. The van der Waals surface area contributed by atoms with E-state index < -0.39 is 0 Å². The molecule has 0 fully saturated rings. The lowest BCUT2D eigenvalue weighted by atomic mass is 10.0. The standard InChI is InChI=1S/C20H20O4/c1-23-18-9-7-16(8-10-18)19(21)13-24-20(22)12-14-5-6-15-3-2-4-17(15)11-14/h5-11H,2-4,12-13H2,1H3. The molecule has 0 N–H and O–H groups in total. The molecule has 24 heavy (non-hydrogen) atoms. The van der Waals surface area contributed by atoms with Crippen LogP contribution in [0.2, 0.25) is 0 Å². The summed E-state index contributed by atoms with van der Waals surface area (Å²) in [7, 11) is 1.57. The van der Waals surface area contributed by atoms with E-state index in [1.54, 1.807) is 31.4 Å². The Bertz CT molecular complexity index is 747. The normalized spacial score (nSPS) is 12.5. The molecular formula is C20H20O4.